The van der Waals surface area contributed by atoms with Crippen LogP contribution in [0.3, 0.4) is 0 Å². The molecule has 0 atom stereocenters. The second-order valence-corrected chi connectivity index (χ2v) is 7.51. The van der Waals surface area contributed by atoms with Crippen LogP contribution in [0.4, 0.5) is 4.39 Å². The monoisotopic (exact) mass is 442 g/mol. The van der Waals surface area contributed by atoms with E-state index in [-0.39, 0.29) is 24.9 Å². The van der Waals surface area contributed by atoms with Gasteiger partial charge in [-0.3, -0.25) is 4.79 Å². The van der Waals surface area contributed by atoms with Crippen molar-refractivity contribution in [1.82, 2.24) is 5.43 Å². The van der Waals surface area contributed by atoms with E-state index in [1.165, 1.54) is 12.1 Å². The molecule has 0 aliphatic heterocycles. The van der Waals surface area contributed by atoms with Gasteiger partial charge in [0.1, 0.15) is 23.9 Å². The molecule has 33 heavy (non-hydrogen) atoms. The smallest absolute Gasteiger partial charge is 0.277 e. The van der Waals surface area contributed by atoms with Crippen LogP contribution in [0.1, 0.15) is 16.7 Å². The second-order valence-electron chi connectivity index (χ2n) is 7.51. The highest BCUT2D eigenvalue weighted by Crippen LogP contribution is 2.27. The van der Waals surface area contributed by atoms with E-state index in [9.17, 15) is 9.18 Å². The summed E-state index contributed by atoms with van der Waals surface area (Å²) in [6.45, 7) is 2.11. The summed E-state index contributed by atoms with van der Waals surface area (Å²) in [6.07, 6.45) is 1.56. The molecule has 0 aromatic heterocycles. The van der Waals surface area contributed by atoms with E-state index in [0.717, 1.165) is 27.5 Å². The summed E-state index contributed by atoms with van der Waals surface area (Å²) >= 11 is 0. The van der Waals surface area contributed by atoms with Crippen molar-refractivity contribution in [3.63, 3.8) is 0 Å². The van der Waals surface area contributed by atoms with Crippen LogP contribution in [0, 0.1) is 12.7 Å². The molecule has 4 aromatic rings. The predicted molar refractivity (Wildman–Crippen MR) is 127 cm³/mol. The summed E-state index contributed by atoms with van der Waals surface area (Å²) in [5.41, 5.74) is 5.18. The third-order valence-electron chi connectivity index (χ3n) is 5.01. The van der Waals surface area contributed by atoms with E-state index in [4.69, 9.17) is 9.47 Å². The van der Waals surface area contributed by atoms with E-state index >= 15 is 0 Å². The number of carbonyl (C=O) groups excluding carboxylic acids is 1. The molecule has 4 aromatic carbocycles. The minimum atomic E-state index is -0.374. The second kappa shape index (κ2) is 10.4. The first-order valence-electron chi connectivity index (χ1n) is 10.5. The third kappa shape index (κ3) is 5.95. The number of nitrogens with one attached hydrogen (secondary N) is 1. The lowest BCUT2D eigenvalue weighted by Gasteiger charge is -2.12. The number of fused-ring (bicyclic) bond motifs is 1. The lowest BCUT2D eigenvalue weighted by Crippen LogP contribution is -2.24. The number of halogens is 1. The van der Waals surface area contributed by atoms with E-state index in [2.05, 4.69) is 10.5 Å². The fourth-order valence-corrected chi connectivity index (χ4v) is 3.26. The molecule has 6 heteroatoms. The number of rotatable bonds is 8. The highest BCUT2D eigenvalue weighted by atomic mass is 19.1. The first kappa shape index (κ1) is 22.0. The molecule has 0 saturated carbocycles. The molecule has 0 bridgehead atoms. The van der Waals surface area contributed by atoms with Gasteiger partial charge in [0, 0.05) is 5.56 Å². The SMILES string of the molecule is Cc1ccc(OCC(=O)N/N=C\c2c(OCc3ccc(F)cc3)ccc3ccccc23)cc1. The average molecular weight is 442 g/mol. The molecule has 0 saturated heterocycles. The Bertz CT molecular complexity index is 1270. The van der Waals surface area contributed by atoms with Crippen molar-refractivity contribution in [2.75, 3.05) is 6.61 Å². The Labute approximate surface area is 191 Å². The molecule has 4 rings (SSSR count). The number of amides is 1. The standard InChI is InChI=1S/C27H23FN2O3/c1-19-6-13-23(14-7-19)32-18-27(31)30-29-16-25-24-5-3-2-4-21(24)10-15-26(25)33-17-20-8-11-22(28)12-9-20/h2-16H,17-18H2,1H3,(H,30,31)/b29-16-. The Morgan fingerprint density at radius 3 is 2.48 bits per heavy atom. The van der Waals surface area contributed by atoms with Crippen LogP contribution >= 0.6 is 0 Å². The third-order valence-corrected chi connectivity index (χ3v) is 5.01. The Balaban J connectivity index is 1.45. The van der Waals surface area contributed by atoms with Crippen molar-refractivity contribution >= 4 is 22.9 Å². The number of ether oxygens (including phenoxy) is 2. The molecule has 0 aliphatic rings. The van der Waals surface area contributed by atoms with Gasteiger partial charge in [-0.2, -0.15) is 5.10 Å². The van der Waals surface area contributed by atoms with Crippen molar-refractivity contribution in [1.29, 1.82) is 0 Å². The number of aryl methyl sites for hydroxylation is 1. The molecule has 0 unspecified atom stereocenters. The van der Waals surface area contributed by atoms with Gasteiger partial charge in [-0.25, -0.2) is 9.82 Å². The van der Waals surface area contributed by atoms with Gasteiger partial charge in [-0.1, -0.05) is 60.2 Å². The molecule has 0 radical (unpaired) electrons. The summed E-state index contributed by atoms with van der Waals surface area (Å²) in [5, 5.41) is 6.06. The lowest BCUT2D eigenvalue weighted by atomic mass is 10.0. The molecule has 0 spiro atoms. The Kier molecular flexibility index (Phi) is 6.95. The largest absolute Gasteiger partial charge is 0.488 e. The van der Waals surface area contributed by atoms with E-state index in [1.807, 2.05) is 67.6 Å². The summed E-state index contributed by atoms with van der Waals surface area (Å²) in [6, 6.07) is 25.3. The van der Waals surface area contributed by atoms with Gasteiger partial charge >= 0.3 is 0 Å². The van der Waals surface area contributed by atoms with Gasteiger partial charge in [0.05, 0.1) is 6.21 Å². The Morgan fingerprint density at radius 2 is 1.70 bits per heavy atom. The number of hydrazone groups is 1. The quantitative estimate of drug-likeness (QED) is 0.294. The van der Waals surface area contributed by atoms with E-state index < -0.39 is 0 Å². The highest BCUT2D eigenvalue weighted by molar-refractivity contribution is 6.02. The van der Waals surface area contributed by atoms with Gasteiger partial charge in [0.2, 0.25) is 0 Å². The minimum absolute atomic E-state index is 0.149. The zero-order valence-electron chi connectivity index (χ0n) is 18.1. The summed E-state index contributed by atoms with van der Waals surface area (Å²) in [7, 11) is 0. The first-order chi connectivity index (χ1) is 16.1. The van der Waals surface area contributed by atoms with Gasteiger partial charge < -0.3 is 9.47 Å². The molecule has 0 heterocycles. The molecule has 1 amide bonds. The molecular formula is C27H23FN2O3. The Morgan fingerprint density at radius 1 is 0.939 bits per heavy atom. The summed E-state index contributed by atoms with van der Waals surface area (Å²) < 4.78 is 24.6. The highest BCUT2D eigenvalue weighted by Gasteiger charge is 2.08. The van der Waals surface area contributed by atoms with Crippen LogP contribution in [0.15, 0.2) is 90.0 Å². The molecule has 5 nitrogen and oxygen atoms in total. The van der Waals surface area contributed by atoms with Crippen LogP contribution in [0.25, 0.3) is 10.8 Å². The fourth-order valence-electron chi connectivity index (χ4n) is 3.26. The van der Waals surface area contributed by atoms with Gasteiger partial charge in [0.25, 0.3) is 5.91 Å². The maximum atomic E-state index is 13.2. The van der Waals surface area contributed by atoms with Crippen molar-refractivity contribution in [2.24, 2.45) is 5.10 Å². The normalized spacial score (nSPS) is 11.0. The molecule has 166 valence electrons. The van der Waals surface area contributed by atoms with Gasteiger partial charge in [-0.15, -0.1) is 0 Å². The maximum absolute atomic E-state index is 13.2. The van der Waals surface area contributed by atoms with Crippen LogP contribution in [0.2, 0.25) is 0 Å². The van der Waals surface area contributed by atoms with Crippen LogP contribution in [-0.2, 0) is 11.4 Å². The summed E-state index contributed by atoms with van der Waals surface area (Å²) in [4.78, 5) is 12.1. The first-order valence-corrected chi connectivity index (χ1v) is 10.5. The average Bonchev–Trinajstić information content (AvgIpc) is 2.84. The lowest BCUT2D eigenvalue weighted by molar-refractivity contribution is -0.123. The fraction of sp³-hybridized carbons (Fsp3) is 0.111. The predicted octanol–water partition coefficient (Wildman–Crippen LogP) is 5.40. The number of nitrogens with zero attached hydrogens (tertiary/aromatic N) is 1. The Hall–Kier alpha value is -4.19. The van der Waals surface area contributed by atoms with Crippen molar-refractivity contribution < 1.29 is 18.7 Å². The van der Waals surface area contributed by atoms with Crippen molar-refractivity contribution in [3.8, 4) is 11.5 Å². The molecule has 0 fully saturated rings. The van der Waals surface area contributed by atoms with Crippen molar-refractivity contribution in [2.45, 2.75) is 13.5 Å². The van der Waals surface area contributed by atoms with Crippen LogP contribution in [-0.4, -0.2) is 18.7 Å². The van der Waals surface area contributed by atoms with Crippen molar-refractivity contribution in [3.05, 3.63) is 107 Å². The molecular weight excluding hydrogens is 419 g/mol. The number of hydrogen-bond acceptors (Lipinski definition) is 4. The zero-order valence-corrected chi connectivity index (χ0v) is 18.1. The zero-order chi connectivity index (χ0) is 23.0. The summed E-state index contributed by atoms with van der Waals surface area (Å²) in [5.74, 6) is 0.553. The van der Waals surface area contributed by atoms with E-state index in [0.29, 0.717) is 11.5 Å². The molecule has 0 aliphatic carbocycles. The number of carbonyl (C=O) groups is 1. The van der Waals surface area contributed by atoms with Crippen LogP contribution in [0.5, 0.6) is 11.5 Å². The minimum Gasteiger partial charge on any atom is -0.488 e. The molecule has 1 N–H and O–H groups in total. The van der Waals surface area contributed by atoms with E-state index in [1.54, 1.807) is 18.3 Å². The number of benzene rings is 4. The van der Waals surface area contributed by atoms with Crippen LogP contribution < -0.4 is 14.9 Å². The topological polar surface area (TPSA) is 59.9 Å². The van der Waals surface area contributed by atoms with Gasteiger partial charge in [-0.05, 0) is 53.6 Å². The maximum Gasteiger partial charge on any atom is 0.277 e. The van der Waals surface area contributed by atoms with Gasteiger partial charge in [0.15, 0.2) is 6.61 Å². The number of hydrogen-bond donors (Lipinski definition) is 1.